The minimum absolute atomic E-state index is 0.173. The van der Waals surface area contributed by atoms with E-state index in [0.717, 1.165) is 11.0 Å². The lowest BCUT2D eigenvalue weighted by Crippen LogP contribution is -2.33. The summed E-state index contributed by atoms with van der Waals surface area (Å²) < 4.78 is 15.0. The van der Waals surface area contributed by atoms with Crippen LogP contribution in [0.2, 0.25) is 5.02 Å². The summed E-state index contributed by atoms with van der Waals surface area (Å²) in [6.07, 6.45) is 0.681. The van der Waals surface area contributed by atoms with Gasteiger partial charge in [-0.3, -0.25) is 14.3 Å². The topological polar surface area (TPSA) is 76.8 Å². The third kappa shape index (κ3) is 2.25. The second kappa shape index (κ2) is 5.38. The highest BCUT2D eigenvalue weighted by atomic mass is 35.5. The van der Waals surface area contributed by atoms with E-state index in [4.69, 9.17) is 16.4 Å². The number of nitrogens with zero attached hydrogens (tertiary/aromatic N) is 4. The molecule has 2 amide bonds. The SMILES string of the molecule is Cc1nn(C)cc1C1=NO[C@@H]2C(=O)N(c3ccc(F)c(Cl)c3)C(=O)[C@@H]12. The third-order valence-corrected chi connectivity index (χ3v) is 4.55. The predicted octanol–water partition coefficient (Wildman–Crippen LogP) is 1.81. The Balaban J connectivity index is 1.73. The summed E-state index contributed by atoms with van der Waals surface area (Å²) in [4.78, 5) is 31.7. The minimum atomic E-state index is -1.04. The van der Waals surface area contributed by atoms with Crippen LogP contribution in [0.4, 0.5) is 10.1 Å². The first-order chi connectivity index (χ1) is 11.9. The second-order valence-electron chi connectivity index (χ2n) is 5.89. The number of carbonyl (C=O) groups excluding carboxylic acids is 2. The highest BCUT2D eigenvalue weighted by molar-refractivity contribution is 6.34. The van der Waals surface area contributed by atoms with Gasteiger partial charge in [0.05, 0.1) is 16.4 Å². The largest absolute Gasteiger partial charge is 0.381 e. The zero-order chi connectivity index (χ0) is 17.9. The van der Waals surface area contributed by atoms with E-state index in [-0.39, 0.29) is 10.7 Å². The molecule has 0 unspecified atom stereocenters. The molecule has 9 heteroatoms. The number of halogens is 2. The van der Waals surface area contributed by atoms with Crippen LogP contribution in [-0.4, -0.2) is 33.4 Å². The van der Waals surface area contributed by atoms with Crippen LogP contribution in [0.5, 0.6) is 0 Å². The Labute approximate surface area is 146 Å². The molecule has 0 radical (unpaired) electrons. The lowest BCUT2D eigenvalue weighted by atomic mass is 9.94. The van der Waals surface area contributed by atoms with Gasteiger partial charge in [0.25, 0.3) is 5.91 Å². The molecule has 1 aromatic heterocycles. The van der Waals surface area contributed by atoms with Gasteiger partial charge in [-0.2, -0.15) is 5.10 Å². The smallest absolute Gasteiger partial charge is 0.278 e. The molecule has 0 aliphatic carbocycles. The number of hydrogen-bond donors (Lipinski definition) is 0. The van der Waals surface area contributed by atoms with E-state index < -0.39 is 29.7 Å². The van der Waals surface area contributed by atoms with E-state index in [0.29, 0.717) is 17.0 Å². The molecule has 2 aliphatic rings. The van der Waals surface area contributed by atoms with Gasteiger partial charge in [-0.15, -0.1) is 0 Å². The average molecular weight is 363 g/mol. The van der Waals surface area contributed by atoms with Crippen molar-refractivity contribution >= 4 is 34.8 Å². The number of hydrogen-bond acceptors (Lipinski definition) is 5. The van der Waals surface area contributed by atoms with Crippen LogP contribution in [-0.2, 0) is 21.5 Å². The van der Waals surface area contributed by atoms with Crippen molar-refractivity contribution in [3.8, 4) is 0 Å². The average Bonchev–Trinajstić information content (AvgIpc) is 3.19. The first-order valence-corrected chi connectivity index (χ1v) is 7.83. The Morgan fingerprint density at radius 2 is 2.04 bits per heavy atom. The Morgan fingerprint density at radius 3 is 2.68 bits per heavy atom. The van der Waals surface area contributed by atoms with Crippen LogP contribution >= 0.6 is 11.6 Å². The van der Waals surface area contributed by atoms with Gasteiger partial charge in [-0.1, -0.05) is 16.8 Å². The van der Waals surface area contributed by atoms with Gasteiger partial charge in [0, 0.05) is 18.8 Å². The molecule has 0 N–H and O–H groups in total. The maximum absolute atomic E-state index is 13.4. The molecule has 0 spiro atoms. The van der Waals surface area contributed by atoms with E-state index in [1.54, 1.807) is 24.9 Å². The molecule has 1 fully saturated rings. The maximum Gasteiger partial charge on any atom is 0.278 e. The van der Waals surface area contributed by atoms with Gasteiger partial charge >= 0.3 is 0 Å². The van der Waals surface area contributed by atoms with Crippen molar-refractivity contribution in [2.75, 3.05) is 4.90 Å². The molecule has 2 aromatic rings. The number of carbonyl (C=O) groups is 2. The molecule has 0 bridgehead atoms. The monoisotopic (exact) mass is 362 g/mol. The van der Waals surface area contributed by atoms with Crippen LogP contribution in [0.1, 0.15) is 11.3 Å². The Bertz CT molecular complexity index is 955. The molecule has 3 heterocycles. The van der Waals surface area contributed by atoms with Gasteiger partial charge in [-0.25, -0.2) is 9.29 Å². The Hall–Kier alpha value is -2.74. The number of amides is 2. The number of imide groups is 1. The highest BCUT2D eigenvalue weighted by Crippen LogP contribution is 2.36. The van der Waals surface area contributed by atoms with Crippen molar-refractivity contribution in [3.05, 3.63) is 46.5 Å². The summed E-state index contributed by atoms with van der Waals surface area (Å²) in [6, 6.07) is 3.66. The van der Waals surface area contributed by atoms with Crippen LogP contribution in [0, 0.1) is 18.7 Å². The molecule has 1 saturated heterocycles. The quantitative estimate of drug-likeness (QED) is 0.763. The van der Waals surface area contributed by atoms with Crippen LogP contribution in [0.3, 0.4) is 0 Å². The summed E-state index contributed by atoms with van der Waals surface area (Å²) >= 11 is 5.77. The summed E-state index contributed by atoms with van der Waals surface area (Å²) in [5.74, 6) is -2.54. The van der Waals surface area contributed by atoms with E-state index in [2.05, 4.69) is 10.3 Å². The highest BCUT2D eigenvalue weighted by Gasteiger charge is 2.56. The number of fused-ring (bicyclic) bond motifs is 1. The fourth-order valence-corrected chi connectivity index (χ4v) is 3.30. The molecular formula is C16H12ClFN4O3. The summed E-state index contributed by atoms with van der Waals surface area (Å²) in [5.41, 5.74) is 1.88. The molecule has 7 nitrogen and oxygen atoms in total. The predicted molar refractivity (Wildman–Crippen MR) is 86.7 cm³/mol. The van der Waals surface area contributed by atoms with Crippen LogP contribution in [0.15, 0.2) is 29.6 Å². The second-order valence-corrected chi connectivity index (χ2v) is 6.30. The van der Waals surface area contributed by atoms with Gasteiger partial charge in [0.1, 0.15) is 17.4 Å². The van der Waals surface area contributed by atoms with Crippen molar-refractivity contribution in [1.29, 1.82) is 0 Å². The van der Waals surface area contributed by atoms with Gasteiger partial charge in [0.2, 0.25) is 12.0 Å². The number of oxime groups is 1. The van der Waals surface area contributed by atoms with E-state index in [1.807, 2.05) is 0 Å². The molecular weight excluding hydrogens is 351 g/mol. The fraction of sp³-hybridized carbons (Fsp3) is 0.250. The summed E-state index contributed by atoms with van der Waals surface area (Å²) in [6.45, 7) is 1.78. The Morgan fingerprint density at radius 1 is 1.28 bits per heavy atom. The molecule has 25 heavy (non-hydrogen) atoms. The van der Waals surface area contributed by atoms with E-state index in [1.165, 1.54) is 12.1 Å². The molecule has 128 valence electrons. The minimum Gasteiger partial charge on any atom is -0.381 e. The van der Waals surface area contributed by atoms with Gasteiger partial charge in [-0.05, 0) is 25.1 Å². The number of rotatable bonds is 2. The number of benzene rings is 1. The maximum atomic E-state index is 13.4. The summed E-state index contributed by atoms with van der Waals surface area (Å²) in [5, 5.41) is 7.98. The molecule has 2 aliphatic heterocycles. The summed E-state index contributed by atoms with van der Waals surface area (Å²) in [7, 11) is 1.75. The first kappa shape index (κ1) is 15.8. The molecule has 4 rings (SSSR count). The first-order valence-electron chi connectivity index (χ1n) is 7.45. The number of anilines is 1. The normalized spacial score (nSPS) is 22.2. The molecule has 2 atom stereocenters. The standard InChI is InChI=1S/C16H12ClFN4O3/c1-7-9(6-21(2)19-7)13-12-14(25-20-13)16(24)22(15(12)23)8-3-4-11(18)10(17)5-8/h3-6,12,14H,1-2H3/t12-,14-/m0/s1. The van der Waals surface area contributed by atoms with E-state index in [9.17, 15) is 14.0 Å². The van der Waals surface area contributed by atoms with Crippen molar-refractivity contribution in [2.45, 2.75) is 13.0 Å². The van der Waals surface area contributed by atoms with Crippen molar-refractivity contribution in [2.24, 2.45) is 18.1 Å². The van der Waals surface area contributed by atoms with Gasteiger partial charge < -0.3 is 4.84 Å². The zero-order valence-corrected chi connectivity index (χ0v) is 14.0. The van der Waals surface area contributed by atoms with Crippen LogP contribution in [0.25, 0.3) is 0 Å². The van der Waals surface area contributed by atoms with Crippen molar-refractivity contribution in [3.63, 3.8) is 0 Å². The number of aryl methyl sites for hydroxylation is 2. The lowest BCUT2D eigenvalue weighted by molar-refractivity contribution is -0.126. The fourth-order valence-electron chi connectivity index (χ4n) is 3.13. The van der Waals surface area contributed by atoms with Crippen molar-refractivity contribution in [1.82, 2.24) is 9.78 Å². The third-order valence-electron chi connectivity index (χ3n) is 4.26. The lowest BCUT2D eigenvalue weighted by Gasteiger charge is -2.15. The molecule has 1 aromatic carbocycles. The van der Waals surface area contributed by atoms with Gasteiger partial charge in [0.15, 0.2) is 0 Å². The molecule has 0 saturated carbocycles. The number of aromatic nitrogens is 2. The van der Waals surface area contributed by atoms with E-state index >= 15 is 0 Å². The van der Waals surface area contributed by atoms with Crippen molar-refractivity contribution < 1.29 is 18.8 Å². The Kier molecular flexibility index (Phi) is 3.40. The van der Waals surface area contributed by atoms with Crippen LogP contribution < -0.4 is 4.90 Å². The zero-order valence-electron chi connectivity index (χ0n) is 13.2.